The van der Waals surface area contributed by atoms with Crippen molar-refractivity contribution in [1.82, 2.24) is 9.80 Å². The lowest BCUT2D eigenvalue weighted by Crippen LogP contribution is -2.46. The van der Waals surface area contributed by atoms with Gasteiger partial charge < -0.3 is 10.2 Å². The zero-order valence-electron chi connectivity index (χ0n) is 19.0. The van der Waals surface area contributed by atoms with E-state index in [2.05, 4.69) is 65.7 Å². The summed E-state index contributed by atoms with van der Waals surface area (Å²) in [5.74, 6) is -0.0498. The molecule has 0 bridgehead atoms. The molecule has 0 aliphatic carbocycles. The van der Waals surface area contributed by atoms with Gasteiger partial charge in [-0.2, -0.15) is 0 Å². The van der Waals surface area contributed by atoms with Crippen molar-refractivity contribution in [3.63, 3.8) is 0 Å². The summed E-state index contributed by atoms with van der Waals surface area (Å²) >= 11 is 3.47. The van der Waals surface area contributed by atoms with Gasteiger partial charge in [-0.25, -0.2) is 0 Å². The molecule has 2 aromatic carbocycles. The van der Waals surface area contributed by atoms with Gasteiger partial charge in [0.05, 0.1) is 6.04 Å². The Hall–Kier alpha value is -2.12. The van der Waals surface area contributed by atoms with Crippen LogP contribution in [0.1, 0.15) is 39.3 Å². The van der Waals surface area contributed by atoms with Crippen LogP contribution in [0.5, 0.6) is 0 Å². The summed E-state index contributed by atoms with van der Waals surface area (Å²) in [4.78, 5) is 20.5. The van der Waals surface area contributed by atoms with Crippen molar-refractivity contribution in [2.24, 2.45) is 0 Å². The zero-order chi connectivity index (χ0) is 22.5. The van der Waals surface area contributed by atoms with Crippen LogP contribution in [0, 0.1) is 0 Å². The summed E-state index contributed by atoms with van der Waals surface area (Å²) < 4.78 is 0. The van der Waals surface area contributed by atoms with E-state index in [4.69, 9.17) is 0 Å². The number of hydrogen-bond donors (Lipinski definition) is 1. The fraction of sp³-hybridized carbons (Fsp3) is 0.346. The maximum atomic E-state index is 13.0. The highest BCUT2D eigenvalue weighted by atomic mass is 32.2. The predicted molar refractivity (Wildman–Crippen MR) is 137 cm³/mol. The minimum Gasteiger partial charge on any atom is -0.313 e. The molecule has 4 rings (SSSR count). The number of benzene rings is 2. The molecule has 0 saturated carbocycles. The van der Waals surface area contributed by atoms with Gasteiger partial charge in [0.25, 0.3) is 5.91 Å². The molecule has 1 saturated heterocycles. The van der Waals surface area contributed by atoms with Crippen LogP contribution < -0.4 is 5.32 Å². The number of carbonyl (C=O) groups excluding carboxylic acids is 1. The van der Waals surface area contributed by atoms with E-state index in [-0.39, 0.29) is 11.9 Å². The van der Waals surface area contributed by atoms with Gasteiger partial charge in [-0.1, -0.05) is 37.3 Å². The van der Waals surface area contributed by atoms with Crippen LogP contribution in [0.4, 0.5) is 5.00 Å². The second-order valence-corrected chi connectivity index (χ2v) is 10.2. The second kappa shape index (κ2) is 10.7. The highest BCUT2D eigenvalue weighted by Gasteiger charge is 2.29. The first-order chi connectivity index (χ1) is 15.6. The monoisotopic (exact) mass is 465 g/mol. The molecule has 32 heavy (non-hydrogen) atoms. The fourth-order valence-electron chi connectivity index (χ4n) is 4.15. The van der Waals surface area contributed by atoms with Crippen molar-refractivity contribution in [3.05, 3.63) is 82.2 Å². The quantitative estimate of drug-likeness (QED) is 0.459. The topological polar surface area (TPSA) is 35.6 Å². The van der Waals surface area contributed by atoms with E-state index < -0.39 is 0 Å². The molecule has 168 valence electrons. The van der Waals surface area contributed by atoms with Crippen molar-refractivity contribution in [2.45, 2.75) is 24.3 Å². The largest absolute Gasteiger partial charge is 0.313 e. The Morgan fingerprint density at radius 1 is 1.06 bits per heavy atom. The predicted octanol–water partition coefficient (Wildman–Crippen LogP) is 5.62. The number of anilines is 1. The molecule has 1 atom stereocenters. The van der Waals surface area contributed by atoms with E-state index in [9.17, 15) is 4.79 Å². The molecule has 0 radical (unpaired) electrons. The maximum absolute atomic E-state index is 13.0. The van der Waals surface area contributed by atoms with E-state index >= 15 is 0 Å². The fourth-order valence-corrected chi connectivity index (χ4v) is 5.58. The molecule has 1 aliphatic rings. The summed E-state index contributed by atoms with van der Waals surface area (Å²) in [5, 5.41) is 4.21. The SMILES string of the molecule is CCc1cc(C(c2ccc(SC)cc2)N2CCN(C)CC2)c(NC(=O)c2ccccc2)s1. The number of rotatable bonds is 7. The van der Waals surface area contributed by atoms with Gasteiger partial charge in [-0.3, -0.25) is 9.69 Å². The summed E-state index contributed by atoms with van der Waals surface area (Å²) in [7, 11) is 2.19. The number of nitrogens with zero attached hydrogens (tertiary/aromatic N) is 2. The highest BCUT2D eigenvalue weighted by Crippen LogP contribution is 2.40. The first-order valence-electron chi connectivity index (χ1n) is 11.1. The van der Waals surface area contributed by atoms with Crippen molar-refractivity contribution >= 4 is 34.0 Å². The van der Waals surface area contributed by atoms with Gasteiger partial charge in [0.2, 0.25) is 0 Å². The van der Waals surface area contributed by atoms with E-state index in [0.29, 0.717) is 5.56 Å². The molecule has 4 nitrogen and oxygen atoms in total. The Bertz CT molecular complexity index is 1020. The summed E-state index contributed by atoms with van der Waals surface area (Å²) in [6.07, 6.45) is 3.07. The first kappa shape index (κ1) is 23.1. The molecule has 1 fully saturated rings. The molecular formula is C26H31N3OS2. The maximum Gasteiger partial charge on any atom is 0.256 e. The Kier molecular flexibility index (Phi) is 7.68. The molecule has 1 amide bonds. The smallest absolute Gasteiger partial charge is 0.256 e. The van der Waals surface area contributed by atoms with Gasteiger partial charge in [0, 0.05) is 47.1 Å². The van der Waals surface area contributed by atoms with E-state index in [1.807, 2.05) is 30.3 Å². The Balaban J connectivity index is 1.72. The number of thioether (sulfide) groups is 1. The number of carbonyl (C=O) groups is 1. The molecule has 1 aromatic heterocycles. The second-order valence-electron chi connectivity index (χ2n) is 8.19. The van der Waals surface area contributed by atoms with Crippen LogP contribution in [-0.2, 0) is 6.42 Å². The minimum absolute atomic E-state index is 0.0498. The van der Waals surface area contributed by atoms with Crippen LogP contribution in [-0.4, -0.2) is 55.2 Å². The van der Waals surface area contributed by atoms with Gasteiger partial charge in [-0.15, -0.1) is 23.1 Å². The molecule has 3 aromatic rings. The summed E-state index contributed by atoms with van der Waals surface area (Å²) in [6, 6.07) is 20.8. The average molecular weight is 466 g/mol. The molecule has 1 unspecified atom stereocenters. The van der Waals surface area contributed by atoms with Crippen LogP contribution in [0.15, 0.2) is 65.6 Å². The summed E-state index contributed by atoms with van der Waals surface area (Å²) in [6.45, 7) is 6.30. The van der Waals surface area contributed by atoms with E-state index in [0.717, 1.165) is 37.6 Å². The lowest BCUT2D eigenvalue weighted by Gasteiger charge is -2.38. The van der Waals surface area contributed by atoms with Gasteiger partial charge >= 0.3 is 0 Å². The normalized spacial score (nSPS) is 16.1. The minimum atomic E-state index is -0.0498. The van der Waals surface area contributed by atoms with Crippen molar-refractivity contribution in [2.75, 3.05) is 44.8 Å². The molecule has 0 spiro atoms. The highest BCUT2D eigenvalue weighted by molar-refractivity contribution is 7.98. The number of nitrogens with one attached hydrogen (secondary N) is 1. The Morgan fingerprint density at radius 3 is 2.38 bits per heavy atom. The van der Waals surface area contributed by atoms with E-state index in [1.165, 1.54) is 20.9 Å². The van der Waals surface area contributed by atoms with Crippen LogP contribution in [0.25, 0.3) is 0 Å². The van der Waals surface area contributed by atoms with Crippen molar-refractivity contribution < 1.29 is 4.79 Å². The molecule has 1 aliphatic heterocycles. The Labute approximate surface area is 199 Å². The third kappa shape index (κ3) is 5.26. The molecule has 1 N–H and O–H groups in total. The third-order valence-electron chi connectivity index (χ3n) is 6.05. The molecular weight excluding hydrogens is 434 g/mol. The van der Waals surface area contributed by atoms with E-state index in [1.54, 1.807) is 23.1 Å². The Morgan fingerprint density at radius 2 is 1.75 bits per heavy atom. The lowest BCUT2D eigenvalue weighted by molar-refractivity contribution is 0.102. The number of piperazine rings is 1. The number of likely N-dealkylation sites (N-methyl/N-ethyl adjacent to an activating group) is 1. The zero-order valence-corrected chi connectivity index (χ0v) is 20.6. The number of hydrogen-bond acceptors (Lipinski definition) is 5. The summed E-state index contributed by atoms with van der Waals surface area (Å²) in [5.41, 5.74) is 3.17. The van der Waals surface area contributed by atoms with Gasteiger partial charge in [0.1, 0.15) is 5.00 Å². The van der Waals surface area contributed by atoms with Gasteiger partial charge in [-0.05, 0) is 55.6 Å². The van der Waals surface area contributed by atoms with Gasteiger partial charge in [0.15, 0.2) is 0 Å². The average Bonchev–Trinajstić information content (AvgIpc) is 3.23. The number of aryl methyl sites for hydroxylation is 1. The molecule has 2 heterocycles. The standard InChI is InChI=1S/C26H31N3OS2/c1-4-21-18-23(26(32-21)27-25(30)20-8-6-5-7-9-20)24(29-16-14-28(2)15-17-29)19-10-12-22(31-3)13-11-19/h5-13,18,24H,4,14-17H2,1-3H3,(H,27,30). The molecule has 6 heteroatoms. The lowest BCUT2D eigenvalue weighted by atomic mass is 9.97. The third-order valence-corrected chi connectivity index (χ3v) is 8.01. The number of thiophene rings is 1. The van der Waals surface area contributed by atoms with Crippen LogP contribution in [0.3, 0.4) is 0 Å². The van der Waals surface area contributed by atoms with Crippen molar-refractivity contribution in [1.29, 1.82) is 0 Å². The van der Waals surface area contributed by atoms with Crippen LogP contribution >= 0.6 is 23.1 Å². The van der Waals surface area contributed by atoms with Crippen LogP contribution in [0.2, 0.25) is 0 Å². The first-order valence-corrected chi connectivity index (χ1v) is 13.2. The number of amides is 1. The van der Waals surface area contributed by atoms with Crippen molar-refractivity contribution in [3.8, 4) is 0 Å².